The zero-order valence-electron chi connectivity index (χ0n) is 11.0. The summed E-state index contributed by atoms with van der Waals surface area (Å²) in [5, 5.41) is 5.55. The third kappa shape index (κ3) is 1.84. The predicted molar refractivity (Wildman–Crippen MR) is 83.3 cm³/mol. The maximum Gasteiger partial charge on any atom is 0.0460 e. The van der Waals surface area contributed by atoms with Gasteiger partial charge in [-0.05, 0) is 29.3 Å². The summed E-state index contributed by atoms with van der Waals surface area (Å²) in [7, 11) is 0. The fourth-order valence-corrected chi connectivity index (χ4v) is 3.31. The Kier molecular flexibility index (Phi) is 2.79. The molecule has 0 spiro atoms. The molecule has 100 valence electrons. The van der Waals surface area contributed by atoms with E-state index in [0.29, 0.717) is 5.92 Å². The lowest BCUT2D eigenvalue weighted by Gasteiger charge is -2.24. The number of hydrogen-bond donors (Lipinski definition) is 2. The molecular weight excluding hydrogens is 268 g/mol. The van der Waals surface area contributed by atoms with E-state index >= 15 is 0 Å². The third-order valence-electron chi connectivity index (χ3n) is 4.10. The van der Waals surface area contributed by atoms with Gasteiger partial charge in [0.2, 0.25) is 0 Å². The fraction of sp³-hybridized carbons (Fsp3) is 0.176. The molecule has 1 aliphatic rings. The van der Waals surface area contributed by atoms with Crippen LogP contribution in [0.2, 0.25) is 5.02 Å². The summed E-state index contributed by atoms with van der Waals surface area (Å²) >= 11 is 6.14. The van der Waals surface area contributed by atoms with Gasteiger partial charge in [0.15, 0.2) is 0 Å². The molecule has 3 aromatic rings. The van der Waals surface area contributed by atoms with E-state index in [0.717, 1.165) is 18.1 Å². The molecule has 2 N–H and O–H groups in total. The number of aromatic amines is 1. The van der Waals surface area contributed by atoms with Gasteiger partial charge in [-0.25, -0.2) is 0 Å². The zero-order valence-corrected chi connectivity index (χ0v) is 11.7. The van der Waals surface area contributed by atoms with Crippen LogP contribution in [0.15, 0.2) is 48.5 Å². The van der Waals surface area contributed by atoms with E-state index in [1.807, 2.05) is 6.07 Å². The van der Waals surface area contributed by atoms with Gasteiger partial charge in [0.1, 0.15) is 0 Å². The Hall–Kier alpha value is -1.77. The molecule has 0 saturated carbocycles. The Bertz CT molecular complexity index is 761. The van der Waals surface area contributed by atoms with E-state index in [4.69, 9.17) is 11.6 Å². The van der Waals surface area contributed by atoms with Crippen molar-refractivity contribution in [1.82, 2.24) is 10.3 Å². The summed E-state index contributed by atoms with van der Waals surface area (Å²) in [6.45, 7) is 1.87. The van der Waals surface area contributed by atoms with Crippen molar-refractivity contribution in [1.29, 1.82) is 0 Å². The number of nitrogens with one attached hydrogen (secondary N) is 2. The van der Waals surface area contributed by atoms with Crippen molar-refractivity contribution in [2.24, 2.45) is 0 Å². The van der Waals surface area contributed by atoms with E-state index in [2.05, 4.69) is 52.8 Å². The second-order valence-electron chi connectivity index (χ2n) is 5.30. The average molecular weight is 283 g/mol. The summed E-state index contributed by atoms with van der Waals surface area (Å²) in [5.74, 6) is 0.381. The van der Waals surface area contributed by atoms with Crippen LogP contribution in [-0.2, 0) is 6.54 Å². The van der Waals surface area contributed by atoms with Gasteiger partial charge >= 0.3 is 0 Å². The summed E-state index contributed by atoms with van der Waals surface area (Å²) in [4.78, 5) is 3.59. The monoisotopic (exact) mass is 282 g/mol. The Labute approximate surface area is 122 Å². The van der Waals surface area contributed by atoms with Gasteiger partial charge in [0, 0.05) is 40.6 Å². The lowest BCUT2D eigenvalue weighted by Crippen LogP contribution is -2.28. The van der Waals surface area contributed by atoms with Crippen molar-refractivity contribution in [2.45, 2.75) is 12.5 Å². The van der Waals surface area contributed by atoms with Crippen molar-refractivity contribution in [2.75, 3.05) is 6.54 Å². The topological polar surface area (TPSA) is 27.8 Å². The van der Waals surface area contributed by atoms with Crippen LogP contribution in [0.25, 0.3) is 10.9 Å². The lowest BCUT2D eigenvalue weighted by molar-refractivity contribution is 0.586. The summed E-state index contributed by atoms with van der Waals surface area (Å²) in [6, 6.07) is 16.7. The average Bonchev–Trinajstić information content (AvgIpc) is 2.86. The minimum absolute atomic E-state index is 0.381. The van der Waals surface area contributed by atoms with Gasteiger partial charge in [0.25, 0.3) is 0 Å². The number of fused-ring (bicyclic) bond motifs is 3. The molecule has 0 amide bonds. The first kappa shape index (κ1) is 12.0. The maximum absolute atomic E-state index is 6.14. The van der Waals surface area contributed by atoms with Crippen molar-refractivity contribution in [3.63, 3.8) is 0 Å². The smallest absolute Gasteiger partial charge is 0.0460 e. The van der Waals surface area contributed by atoms with Crippen LogP contribution in [0.1, 0.15) is 22.7 Å². The number of H-pyrrole nitrogens is 1. The van der Waals surface area contributed by atoms with Crippen molar-refractivity contribution < 1.29 is 0 Å². The van der Waals surface area contributed by atoms with Gasteiger partial charge in [-0.3, -0.25) is 0 Å². The molecule has 20 heavy (non-hydrogen) atoms. The van der Waals surface area contributed by atoms with Crippen LogP contribution < -0.4 is 5.32 Å². The number of halogens is 1. The van der Waals surface area contributed by atoms with Gasteiger partial charge in [-0.15, -0.1) is 0 Å². The fourth-order valence-electron chi connectivity index (χ4n) is 3.14. The molecule has 1 aliphatic heterocycles. The van der Waals surface area contributed by atoms with Crippen LogP contribution in [0.5, 0.6) is 0 Å². The van der Waals surface area contributed by atoms with E-state index in [-0.39, 0.29) is 0 Å². The number of rotatable bonds is 1. The number of benzene rings is 2. The third-order valence-corrected chi connectivity index (χ3v) is 4.34. The molecule has 1 aromatic heterocycles. The van der Waals surface area contributed by atoms with E-state index in [9.17, 15) is 0 Å². The minimum atomic E-state index is 0.381. The highest BCUT2D eigenvalue weighted by Gasteiger charge is 2.25. The molecule has 2 heterocycles. The minimum Gasteiger partial charge on any atom is -0.358 e. The molecular formula is C17H15ClN2. The largest absolute Gasteiger partial charge is 0.358 e. The van der Waals surface area contributed by atoms with E-state index in [1.165, 1.54) is 27.7 Å². The van der Waals surface area contributed by atoms with Gasteiger partial charge in [0.05, 0.1) is 0 Å². The first-order valence-corrected chi connectivity index (χ1v) is 7.26. The van der Waals surface area contributed by atoms with Gasteiger partial charge in [-0.2, -0.15) is 0 Å². The van der Waals surface area contributed by atoms with Crippen LogP contribution in [0.4, 0.5) is 0 Å². The molecule has 0 radical (unpaired) electrons. The first-order valence-electron chi connectivity index (χ1n) is 6.88. The maximum atomic E-state index is 6.14. The molecule has 1 unspecified atom stereocenters. The number of hydrogen-bond acceptors (Lipinski definition) is 1. The molecule has 2 aromatic carbocycles. The summed E-state index contributed by atoms with van der Waals surface area (Å²) in [5.41, 5.74) is 5.19. The highest BCUT2D eigenvalue weighted by Crippen LogP contribution is 2.35. The quantitative estimate of drug-likeness (QED) is 0.692. The molecule has 0 aliphatic carbocycles. The Morgan fingerprint density at radius 1 is 1.05 bits per heavy atom. The lowest BCUT2D eigenvalue weighted by atomic mass is 9.90. The Balaban J connectivity index is 1.91. The highest BCUT2D eigenvalue weighted by atomic mass is 35.5. The van der Waals surface area contributed by atoms with Crippen LogP contribution in [0.3, 0.4) is 0 Å². The molecule has 0 fully saturated rings. The molecule has 3 heteroatoms. The number of aromatic nitrogens is 1. The Morgan fingerprint density at radius 3 is 2.75 bits per heavy atom. The molecule has 0 saturated heterocycles. The second kappa shape index (κ2) is 4.65. The molecule has 1 atom stereocenters. The van der Waals surface area contributed by atoms with Crippen LogP contribution in [-0.4, -0.2) is 11.5 Å². The predicted octanol–water partition coefficient (Wildman–Crippen LogP) is 4.06. The molecule has 2 nitrogen and oxygen atoms in total. The van der Waals surface area contributed by atoms with Crippen molar-refractivity contribution in [3.05, 3.63) is 70.4 Å². The first-order chi connectivity index (χ1) is 9.83. The highest BCUT2D eigenvalue weighted by molar-refractivity contribution is 6.31. The van der Waals surface area contributed by atoms with Crippen LogP contribution >= 0.6 is 11.6 Å². The van der Waals surface area contributed by atoms with Gasteiger partial charge in [-0.1, -0.05) is 41.9 Å². The second-order valence-corrected chi connectivity index (χ2v) is 5.74. The van der Waals surface area contributed by atoms with Crippen molar-refractivity contribution >= 4 is 22.5 Å². The van der Waals surface area contributed by atoms with E-state index in [1.54, 1.807) is 0 Å². The Morgan fingerprint density at radius 2 is 1.90 bits per heavy atom. The van der Waals surface area contributed by atoms with Gasteiger partial charge < -0.3 is 10.3 Å². The molecule has 4 rings (SSSR count). The van der Waals surface area contributed by atoms with Crippen molar-refractivity contribution in [3.8, 4) is 0 Å². The SMILES string of the molecule is Clc1ccc2[nH]c3c(c2c1)CNCC3c1ccccc1. The standard InChI is InChI=1S/C17H15ClN2/c18-12-6-7-16-13(8-12)15-10-19-9-14(17(15)20-16)11-4-2-1-3-5-11/h1-8,14,19-20H,9-10H2. The zero-order chi connectivity index (χ0) is 13.5. The summed E-state index contributed by atoms with van der Waals surface area (Å²) in [6.07, 6.45) is 0. The van der Waals surface area contributed by atoms with Crippen LogP contribution in [0, 0.1) is 0 Å². The summed E-state index contributed by atoms with van der Waals surface area (Å²) < 4.78 is 0. The normalized spacial score (nSPS) is 18.1. The molecule has 0 bridgehead atoms. The van der Waals surface area contributed by atoms with E-state index < -0.39 is 0 Å².